The monoisotopic (exact) mass is 468 g/mol. The van der Waals surface area contributed by atoms with Crippen LogP contribution in [0.1, 0.15) is 43.2 Å². The van der Waals surface area contributed by atoms with Crippen LogP contribution < -0.4 is 10.6 Å². The molecule has 3 N–H and O–H groups in total. The van der Waals surface area contributed by atoms with Crippen molar-refractivity contribution >= 4 is 18.0 Å². The average Bonchev–Trinajstić information content (AvgIpc) is 3.16. The Labute approximate surface area is 199 Å². The third-order valence-electron chi connectivity index (χ3n) is 6.07. The molecule has 0 radical (unpaired) electrons. The summed E-state index contributed by atoms with van der Waals surface area (Å²) in [5.41, 5.74) is 4.53. The number of ether oxygens (including phenoxy) is 2. The number of benzene rings is 2. The Kier molecular flexibility index (Phi) is 9.04. The highest BCUT2D eigenvalue weighted by atomic mass is 16.5. The van der Waals surface area contributed by atoms with Crippen LogP contribution in [0, 0.1) is 5.92 Å². The number of alkyl carbamates (subject to hydrolysis) is 1. The number of methoxy groups -OCH3 is 1. The highest BCUT2D eigenvalue weighted by molar-refractivity contribution is 5.85. The lowest BCUT2D eigenvalue weighted by molar-refractivity contribution is -0.143. The van der Waals surface area contributed by atoms with Gasteiger partial charge < -0.3 is 25.2 Å². The molecule has 1 aliphatic rings. The van der Waals surface area contributed by atoms with Gasteiger partial charge in [-0.3, -0.25) is 4.79 Å². The van der Waals surface area contributed by atoms with Gasteiger partial charge in [0.05, 0.1) is 5.92 Å². The molecule has 0 bridgehead atoms. The zero-order chi connectivity index (χ0) is 24.5. The van der Waals surface area contributed by atoms with Crippen molar-refractivity contribution in [1.29, 1.82) is 0 Å². The lowest BCUT2D eigenvalue weighted by Gasteiger charge is -2.20. The number of nitrogens with one attached hydrogen (secondary N) is 2. The molecule has 2 atom stereocenters. The molecule has 0 heterocycles. The first-order valence-electron chi connectivity index (χ1n) is 11.6. The molecule has 2 amide bonds. The molecule has 34 heavy (non-hydrogen) atoms. The van der Waals surface area contributed by atoms with E-state index in [0.29, 0.717) is 12.8 Å². The first-order valence-corrected chi connectivity index (χ1v) is 11.6. The maximum Gasteiger partial charge on any atom is 0.407 e. The van der Waals surface area contributed by atoms with Crippen LogP contribution in [0.5, 0.6) is 0 Å². The minimum Gasteiger partial charge on any atom is -0.480 e. The highest BCUT2D eigenvalue weighted by Gasteiger charge is 2.29. The summed E-state index contributed by atoms with van der Waals surface area (Å²) >= 11 is 0. The van der Waals surface area contributed by atoms with E-state index in [1.54, 1.807) is 0 Å². The standard InChI is InChI=1S/C26H32N2O6/c1-3-8-17(24(29)28-23(25(30)31)13-14-33-2)15-27-26(32)34-16-22-20-11-6-4-9-18(20)19-10-5-7-12-21(19)22/h4-7,9-12,17,22-23H,3,8,13-16H2,1-2H3,(H,27,32)(H,28,29)(H,30,31). The molecule has 0 saturated heterocycles. The van der Waals surface area contributed by atoms with Gasteiger partial charge in [-0.25, -0.2) is 9.59 Å². The van der Waals surface area contributed by atoms with E-state index < -0.39 is 29.9 Å². The molecule has 2 unspecified atom stereocenters. The van der Waals surface area contributed by atoms with Gasteiger partial charge in [0.15, 0.2) is 0 Å². The van der Waals surface area contributed by atoms with Crippen LogP contribution in [0.2, 0.25) is 0 Å². The molecule has 0 fully saturated rings. The number of carboxylic acid groups (broad SMARTS) is 1. The number of hydrogen-bond acceptors (Lipinski definition) is 5. The highest BCUT2D eigenvalue weighted by Crippen LogP contribution is 2.44. The van der Waals surface area contributed by atoms with Gasteiger partial charge in [0.1, 0.15) is 12.6 Å². The Morgan fingerprint density at radius 3 is 2.18 bits per heavy atom. The summed E-state index contributed by atoms with van der Waals surface area (Å²) in [5, 5.41) is 14.6. The van der Waals surface area contributed by atoms with Gasteiger partial charge >= 0.3 is 12.1 Å². The summed E-state index contributed by atoms with van der Waals surface area (Å²) in [4.78, 5) is 36.5. The van der Waals surface area contributed by atoms with Crippen molar-refractivity contribution < 1.29 is 29.0 Å². The SMILES string of the molecule is CCCC(CNC(=O)OCC1c2ccccc2-c2ccccc21)C(=O)NC(CCOC)C(=O)O. The summed E-state index contributed by atoms with van der Waals surface area (Å²) in [7, 11) is 1.47. The third kappa shape index (κ3) is 6.14. The predicted molar refractivity (Wildman–Crippen MR) is 128 cm³/mol. The van der Waals surface area contributed by atoms with Crippen LogP contribution >= 0.6 is 0 Å². The van der Waals surface area contributed by atoms with E-state index in [1.165, 1.54) is 7.11 Å². The van der Waals surface area contributed by atoms with Crippen molar-refractivity contribution in [3.63, 3.8) is 0 Å². The minimum absolute atomic E-state index is 0.0509. The number of hydrogen-bond donors (Lipinski definition) is 3. The summed E-state index contributed by atoms with van der Waals surface area (Å²) in [6, 6.07) is 15.1. The van der Waals surface area contributed by atoms with E-state index in [2.05, 4.69) is 22.8 Å². The van der Waals surface area contributed by atoms with E-state index >= 15 is 0 Å². The molecule has 182 valence electrons. The van der Waals surface area contributed by atoms with Crippen molar-refractivity contribution in [2.75, 3.05) is 26.9 Å². The largest absolute Gasteiger partial charge is 0.480 e. The average molecular weight is 469 g/mol. The fraction of sp³-hybridized carbons (Fsp3) is 0.423. The Balaban J connectivity index is 1.56. The molecule has 3 rings (SSSR count). The van der Waals surface area contributed by atoms with Gasteiger partial charge in [0, 0.05) is 32.6 Å². The van der Waals surface area contributed by atoms with Crippen LogP contribution in [0.3, 0.4) is 0 Å². The summed E-state index contributed by atoms with van der Waals surface area (Å²) < 4.78 is 10.4. The maximum atomic E-state index is 12.7. The molecule has 2 aromatic carbocycles. The number of carbonyl (C=O) groups is 3. The van der Waals surface area contributed by atoms with Crippen molar-refractivity contribution in [3.8, 4) is 11.1 Å². The molecule has 8 nitrogen and oxygen atoms in total. The van der Waals surface area contributed by atoms with Crippen molar-refractivity contribution in [2.45, 2.75) is 38.1 Å². The number of fused-ring (bicyclic) bond motifs is 3. The lowest BCUT2D eigenvalue weighted by Crippen LogP contribution is -2.46. The second kappa shape index (κ2) is 12.2. The van der Waals surface area contributed by atoms with Crippen molar-refractivity contribution in [2.24, 2.45) is 5.92 Å². The molecule has 1 aliphatic carbocycles. The second-order valence-corrected chi connectivity index (χ2v) is 8.37. The number of amides is 2. The third-order valence-corrected chi connectivity index (χ3v) is 6.07. The molecular weight excluding hydrogens is 436 g/mol. The van der Waals surface area contributed by atoms with Crippen LogP contribution in [0.4, 0.5) is 4.79 Å². The predicted octanol–water partition coefficient (Wildman–Crippen LogP) is 3.55. The van der Waals surface area contributed by atoms with E-state index in [0.717, 1.165) is 22.3 Å². The number of carbonyl (C=O) groups excluding carboxylic acids is 2. The number of aliphatic carboxylic acids is 1. The Bertz CT molecular complexity index is 963. The van der Waals surface area contributed by atoms with Gasteiger partial charge in [-0.15, -0.1) is 0 Å². The van der Waals surface area contributed by atoms with Gasteiger partial charge in [0.25, 0.3) is 0 Å². The fourth-order valence-electron chi connectivity index (χ4n) is 4.31. The maximum absolute atomic E-state index is 12.7. The van der Waals surface area contributed by atoms with Crippen LogP contribution in [0.25, 0.3) is 11.1 Å². The zero-order valence-electron chi connectivity index (χ0n) is 19.6. The Hall–Kier alpha value is -3.39. The van der Waals surface area contributed by atoms with Crippen molar-refractivity contribution in [3.05, 3.63) is 59.7 Å². The molecule has 0 saturated carbocycles. The van der Waals surface area contributed by atoms with E-state index in [1.807, 2.05) is 43.3 Å². The summed E-state index contributed by atoms with van der Waals surface area (Å²) in [5.74, 6) is -2.14. The Morgan fingerprint density at radius 2 is 1.62 bits per heavy atom. The van der Waals surface area contributed by atoms with Gasteiger partial charge in [0.2, 0.25) is 5.91 Å². The molecule has 0 aromatic heterocycles. The number of rotatable bonds is 12. The van der Waals surface area contributed by atoms with Gasteiger partial charge in [-0.05, 0) is 28.7 Å². The lowest BCUT2D eigenvalue weighted by atomic mass is 9.98. The van der Waals surface area contributed by atoms with E-state index in [9.17, 15) is 19.5 Å². The number of carboxylic acids is 1. The van der Waals surface area contributed by atoms with Gasteiger partial charge in [-0.2, -0.15) is 0 Å². The van der Waals surface area contributed by atoms with Crippen LogP contribution in [0.15, 0.2) is 48.5 Å². The Morgan fingerprint density at radius 1 is 1.00 bits per heavy atom. The molecule has 0 spiro atoms. The zero-order valence-corrected chi connectivity index (χ0v) is 19.6. The van der Waals surface area contributed by atoms with Crippen molar-refractivity contribution in [1.82, 2.24) is 10.6 Å². The molecule has 0 aliphatic heterocycles. The van der Waals surface area contributed by atoms with Crippen LogP contribution in [-0.2, 0) is 19.1 Å². The first-order chi connectivity index (χ1) is 16.5. The van der Waals surface area contributed by atoms with Crippen LogP contribution in [-0.4, -0.2) is 56.0 Å². The summed E-state index contributed by atoms with van der Waals surface area (Å²) in [6.07, 6.45) is 0.771. The molecule has 2 aromatic rings. The smallest absolute Gasteiger partial charge is 0.407 e. The molecule has 8 heteroatoms. The van der Waals surface area contributed by atoms with Gasteiger partial charge in [-0.1, -0.05) is 61.9 Å². The second-order valence-electron chi connectivity index (χ2n) is 8.37. The fourth-order valence-corrected chi connectivity index (χ4v) is 4.31. The minimum atomic E-state index is -1.12. The topological polar surface area (TPSA) is 114 Å². The first kappa shape index (κ1) is 25.2. The molecular formula is C26H32N2O6. The quantitative estimate of drug-likeness (QED) is 0.439. The van der Waals surface area contributed by atoms with E-state index in [-0.39, 0.29) is 32.1 Å². The summed E-state index contributed by atoms with van der Waals surface area (Å²) in [6.45, 7) is 2.39. The van der Waals surface area contributed by atoms with E-state index in [4.69, 9.17) is 9.47 Å². The normalized spacial score (nSPS) is 13.9.